The molecule has 0 amide bonds. The SMILES string of the molecule is Cn1ccnc1CN1CCc2ncnc(-c3ccc(F)cc3)c2CC1.O=C(O)C(F)(F)F. The number of rotatable bonds is 3. The van der Waals surface area contributed by atoms with Gasteiger partial charge in [-0.15, -0.1) is 0 Å². The Balaban J connectivity index is 0.000000360. The van der Waals surface area contributed by atoms with Crippen LogP contribution in [-0.2, 0) is 31.2 Å². The van der Waals surface area contributed by atoms with E-state index < -0.39 is 12.1 Å². The fraction of sp³-hybridized carbons (Fsp3) is 0.333. The molecule has 3 aromatic rings. The van der Waals surface area contributed by atoms with E-state index in [1.165, 1.54) is 17.7 Å². The summed E-state index contributed by atoms with van der Waals surface area (Å²) in [5, 5.41) is 7.12. The lowest BCUT2D eigenvalue weighted by molar-refractivity contribution is -0.192. The highest BCUT2D eigenvalue weighted by Crippen LogP contribution is 2.26. The van der Waals surface area contributed by atoms with Crippen LogP contribution in [0, 0.1) is 5.82 Å². The highest BCUT2D eigenvalue weighted by molar-refractivity contribution is 5.73. The van der Waals surface area contributed by atoms with E-state index in [-0.39, 0.29) is 5.82 Å². The van der Waals surface area contributed by atoms with Gasteiger partial charge in [-0.1, -0.05) is 0 Å². The minimum absolute atomic E-state index is 0.231. The molecule has 3 heterocycles. The zero-order valence-electron chi connectivity index (χ0n) is 17.2. The smallest absolute Gasteiger partial charge is 0.475 e. The number of aromatic nitrogens is 4. The molecule has 0 atom stereocenters. The highest BCUT2D eigenvalue weighted by Gasteiger charge is 2.38. The maximum absolute atomic E-state index is 13.2. The standard InChI is InChI=1S/C19H20FN5.C2HF3O2/c1-24-11-8-21-18(24)12-25-9-6-16-17(7-10-25)22-13-23-19(16)14-2-4-15(20)5-3-14;3-2(4,5)1(6)7/h2-5,8,11,13H,6-7,9-10,12H2,1H3;(H,6,7). The van der Waals surface area contributed by atoms with Crippen molar-refractivity contribution in [3.63, 3.8) is 0 Å². The summed E-state index contributed by atoms with van der Waals surface area (Å²) in [6.07, 6.45) is 2.11. The van der Waals surface area contributed by atoms with Crippen molar-refractivity contribution in [2.75, 3.05) is 13.1 Å². The number of carboxylic acid groups (broad SMARTS) is 1. The van der Waals surface area contributed by atoms with Crippen LogP contribution in [0.2, 0.25) is 0 Å². The van der Waals surface area contributed by atoms with Gasteiger partial charge in [0.25, 0.3) is 0 Å². The van der Waals surface area contributed by atoms with Crippen molar-refractivity contribution in [2.45, 2.75) is 25.6 Å². The van der Waals surface area contributed by atoms with Crippen molar-refractivity contribution in [1.29, 1.82) is 0 Å². The Hall–Kier alpha value is -3.34. The van der Waals surface area contributed by atoms with Crippen molar-refractivity contribution in [2.24, 2.45) is 7.05 Å². The van der Waals surface area contributed by atoms with Crippen LogP contribution in [0.15, 0.2) is 43.0 Å². The van der Waals surface area contributed by atoms with Crippen LogP contribution in [0.1, 0.15) is 17.1 Å². The van der Waals surface area contributed by atoms with Crippen molar-refractivity contribution in [1.82, 2.24) is 24.4 Å². The predicted molar refractivity (Wildman–Crippen MR) is 107 cm³/mol. The van der Waals surface area contributed by atoms with Crippen LogP contribution in [0.4, 0.5) is 17.6 Å². The first-order chi connectivity index (χ1) is 15.1. The van der Waals surface area contributed by atoms with Gasteiger partial charge >= 0.3 is 12.1 Å². The molecule has 0 spiro atoms. The molecule has 0 aliphatic carbocycles. The zero-order chi connectivity index (χ0) is 23.3. The summed E-state index contributed by atoms with van der Waals surface area (Å²) >= 11 is 0. The van der Waals surface area contributed by atoms with Crippen LogP contribution in [0.5, 0.6) is 0 Å². The molecule has 32 heavy (non-hydrogen) atoms. The number of hydrogen-bond acceptors (Lipinski definition) is 5. The summed E-state index contributed by atoms with van der Waals surface area (Å²) < 4.78 is 47.0. The summed E-state index contributed by atoms with van der Waals surface area (Å²) in [7, 11) is 2.02. The summed E-state index contributed by atoms with van der Waals surface area (Å²) in [4.78, 5) is 24.7. The van der Waals surface area contributed by atoms with E-state index in [1.54, 1.807) is 18.5 Å². The third-order valence-corrected chi connectivity index (χ3v) is 5.02. The first kappa shape index (κ1) is 23.3. The van der Waals surface area contributed by atoms with Gasteiger partial charge in [0.2, 0.25) is 0 Å². The Morgan fingerprint density at radius 1 is 1.09 bits per heavy atom. The molecule has 4 rings (SSSR count). The van der Waals surface area contributed by atoms with Crippen LogP contribution < -0.4 is 0 Å². The number of nitrogens with zero attached hydrogens (tertiary/aromatic N) is 5. The molecule has 11 heteroatoms. The minimum Gasteiger partial charge on any atom is -0.475 e. The topological polar surface area (TPSA) is 84.1 Å². The fourth-order valence-electron chi connectivity index (χ4n) is 3.34. The molecule has 1 aliphatic rings. The van der Waals surface area contributed by atoms with E-state index in [0.29, 0.717) is 0 Å². The molecular formula is C21H21F4N5O2. The monoisotopic (exact) mass is 451 g/mol. The molecule has 0 fully saturated rings. The van der Waals surface area contributed by atoms with Gasteiger partial charge in [-0.25, -0.2) is 24.1 Å². The molecule has 0 bridgehead atoms. The fourth-order valence-corrected chi connectivity index (χ4v) is 3.34. The number of aliphatic carboxylic acids is 1. The highest BCUT2D eigenvalue weighted by atomic mass is 19.4. The Labute approximate surface area is 181 Å². The Morgan fingerprint density at radius 2 is 1.75 bits per heavy atom. The second-order valence-corrected chi connectivity index (χ2v) is 7.19. The lowest BCUT2D eigenvalue weighted by Crippen LogP contribution is -2.27. The molecule has 1 N–H and O–H groups in total. The molecule has 0 unspecified atom stereocenters. The van der Waals surface area contributed by atoms with Gasteiger partial charge in [0, 0.05) is 55.8 Å². The molecular weight excluding hydrogens is 430 g/mol. The number of alkyl halides is 3. The molecule has 2 aromatic heterocycles. The van der Waals surface area contributed by atoms with E-state index in [0.717, 1.165) is 55.3 Å². The number of imidazole rings is 1. The number of halogens is 4. The van der Waals surface area contributed by atoms with Crippen LogP contribution >= 0.6 is 0 Å². The number of fused-ring (bicyclic) bond motifs is 1. The second kappa shape index (κ2) is 9.86. The number of carbonyl (C=O) groups is 1. The van der Waals surface area contributed by atoms with Crippen LogP contribution in [0.25, 0.3) is 11.3 Å². The summed E-state index contributed by atoms with van der Waals surface area (Å²) in [6.45, 7) is 2.71. The molecule has 1 aliphatic heterocycles. The first-order valence-corrected chi connectivity index (χ1v) is 9.72. The Morgan fingerprint density at radius 3 is 2.34 bits per heavy atom. The van der Waals surface area contributed by atoms with Crippen molar-refractivity contribution in [3.8, 4) is 11.3 Å². The van der Waals surface area contributed by atoms with Crippen molar-refractivity contribution in [3.05, 3.63) is 65.9 Å². The lowest BCUT2D eigenvalue weighted by atomic mass is 10.0. The number of hydrogen-bond donors (Lipinski definition) is 1. The van der Waals surface area contributed by atoms with Gasteiger partial charge < -0.3 is 9.67 Å². The van der Waals surface area contributed by atoms with Gasteiger partial charge in [-0.3, -0.25) is 4.90 Å². The van der Waals surface area contributed by atoms with E-state index in [2.05, 4.69) is 24.4 Å². The van der Waals surface area contributed by atoms with Gasteiger partial charge in [-0.2, -0.15) is 13.2 Å². The predicted octanol–water partition coefficient (Wildman–Crippen LogP) is 3.25. The average molecular weight is 451 g/mol. The summed E-state index contributed by atoms with van der Waals surface area (Å²) in [5.74, 6) is -1.92. The van der Waals surface area contributed by atoms with Crippen LogP contribution in [0.3, 0.4) is 0 Å². The second-order valence-electron chi connectivity index (χ2n) is 7.19. The van der Waals surface area contributed by atoms with Gasteiger partial charge in [-0.05, 0) is 30.7 Å². The van der Waals surface area contributed by atoms with Gasteiger partial charge in [0.15, 0.2) is 0 Å². The van der Waals surface area contributed by atoms with Gasteiger partial charge in [0.1, 0.15) is 18.0 Å². The van der Waals surface area contributed by atoms with Crippen molar-refractivity contribution >= 4 is 5.97 Å². The zero-order valence-corrected chi connectivity index (χ0v) is 17.2. The minimum atomic E-state index is -5.08. The molecule has 1 aromatic carbocycles. The van der Waals surface area contributed by atoms with E-state index >= 15 is 0 Å². The van der Waals surface area contributed by atoms with E-state index in [4.69, 9.17) is 9.90 Å². The van der Waals surface area contributed by atoms with E-state index in [9.17, 15) is 17.6 Å². The largest absolute Gasteiger partial charge is 0.490 e. The van der Waals surface area contributed by atoms with Gasteiger partial charge in [0.05, 0.1) is 12.2 Å². The number of benzene rings is 1. The quantitative estimate of drug-likeness (QED) is 0.616. The molecule has 7 nitrogen and oxygen atoms in total. The van der Waals surface area contributed by atoms with Crippen molar-refractivity contribution < 1.29 is 27.5 Å². The Bertz CT molecular complexity index is 1070. The number of carboxylic acids is 1. The Kier molecular flexibility index (Phi) is 7.18. The van der Waals surface area contributed by atoms with Crippen LogP contribution in [-0.4, -0.2) is 54.8 Å². The molecule has 0 radical (unpaired) electrons. The maximum atomic E-state index is 13.2. The molecule has 0 saturated carbocycles. The first-order valence-electron chi connectivity index (χ1n) is 9.72. The third kappa shape index (κ3) is 5.88. The summed E-state index contributed by atoms with van der Waals surface area (Å²) in [5.41, 5.74) is 4.13. The normalized spacial score (nSPS) is 14.2. The molecule has 0 saturated heterocycles. The van der Waals surface area contributed by atoms with E-state index in [1.807, 2.05) is 19.4 Å². The molecule has 170 valence electrons. The number of aryl methyl sites for hydroxylation is 1. The maximum Gasteiger partial charge on any atom is 0.490 e. The third-order valence-electron chi connectivity index (χ3n) is 5.02. The lowest BCUT2D eigenvalue weighted by Gasteiger charge is -2.19. The average Bonchev–Trinajstić information content (AvgIpc) is 3.02. The summed E-state index contributed by atoms with van der Waals surface area (Å²) in [6, 6.07) is 6.53.